The Hall–Kier alpha value is -1.36. The summed E-state index contributed by atoms with van der Waals surface area (Å²) in [5, 5.41) is 0. The van der Waals surface area contributed by atoms with Crippen molar-refractivity contribution in [3.05, 3.63) is 35.9 Å². The van der Waals surface area contributed by atoms with Crippen molar-refractivity contribution in [3.8, 4) is 5.75 Å². The SMILES string of the molecule is COc1ccc(C=CC(=O)C(C)(CN(C)C)CN(C)C)cc1.Cl. The van der Waals surface area contributed by atoms with Crippen molar-refractivity contribution in [2.24, 2.45) is 5.41 Å². The minimum atomic E-state index is -0.421. The average molecular weight is 341 g/mol. The standard InChI is InChI=1S/C18H28N2O2.ClH/c1-18(13-19(2)3,14-20(4)5)17(21)12-9-15-7-10-16(22-6)11-8-15;/h7-12H,13-14H2,1-6H3;1H. The van der Waals surface area contributed by atoms with Gasteiger partial charge in [-0.25, -0.2) is 0 Å². The molecule has 130 valence electrons. The Labute approximate surface area is 146 Å². The number of halogens is 1. The summed E-state index contributed by atoms with van der Waals surface area (Å²) in [5.41, 5.74) is 0.571. The Morgan fingerprint density at radius 2 is 1.57 bits per heavy atom. The first-order valence-corrected chi connectivity index (χ1v) is 7.43. The molecule has 0 spiro atoms. The lowest BCUT2D eigenvalue weighted by atomic mass is 9.84. The van der Waals surface area contributed by atoms with E-state index in [2.05, 4.69) is 9.80 Å². The number of allylic oxidation sites excluding steroid dienone is 1. The lowest BCUT2D eigenvalue weighted by molar-refractivity contribution is -0.124. The number of nitrogens with zero attached hydrogens (tertiary/aromatic N) is 2. The fourth-order valence-corrected chi connectivity index (χ4v) is 2.69. The molecule has 0 unspecified atom stereocenters. The van der Waals surface area contributed by atoms with Crippen molar-refractivity contribution in [2.45, 2.75) is 6.92 Å². The molecular weight excluding hydrogens is 312 g/mol. The maximum atomic E-state index is 12.7. The minimum absolute atomic E-state index is 0. The van der Waals surface area contributed by atoms with Gasteiger partial charge in [0.2, 0.25) is 0 Å². The molecule has 0 amide bonds. The molecule has 0 bridgehead atoms. The second-order valence-electron chi connectivity index (χ2n) is 6.51. The third kappa shape index (κ3) is 7.16. The summed E-state index contributed by atoms with van der Waals surface area (Å²) in [6, 6.07) is 7.67. The van der Waals surface area contributed by atoms with Gasteiger partial charge in [0.1, 0.15) is 5.75 Å². The zero-order chi connectivity index (χ0) is 16.8. The van der Waals surface area contributed by atoms with E-state index in [1.54, 1.807) is 13.2 Å². The van der Waals surface area contributed by atoms with E-state index in [0.717, 1.165) is 24.4 Å². The first kappa shape index (κ1) is 21.6. The van der Waals surface area contributed by atoms with Crippen LogP contribution in [0.5, 0.6) is 5.75 Å². The third-order valence-electron chi connectivity index (χ3n) is 3.47. The van der Waals surface area contributed by atoms with E-state index >= 15 is 0 Å². The molecule has 1 rings (SSSR count). The van der Waals surface area contributed by atoms with Gasteiger partial charge < -0.3 is 14.5 Å². The van der Waals surface area contributed by atoms with Crippen molar-refractivity contribution in [2.75, 3.05) is 48.4 Å². The monoisotopic (exact) mass is 340 g/mol. The number of methoxy groups -OCH3 is 1. The quantitative estimate of drug-likeness (QED) is 0.681. The van der Waals surface area contributed by atoms with E-state index in [4.69, 9.17) is 4.74 Å². The van der Waals surface area contributed by atoms with E-state index < -0.39 is 5.41 Å². The van der Waals surface area contributed by atoms with Gasteiger partial charge in [0, 0.05) is 13.1 Å². The highest BCUT2D eigenvalue weighted by Gasteiger charge is 2.32. The topological polar surface area (TPSA) is 32.8 Å². The minimum Gasteiger partial charge on any atom is -0.497 e. The Balaban J connectivity index is 0.00000484. The van der Waals surface area contributed by atoms with E-state index in [1.165, 1.54) is 0 Å². The van der Waals surface area contributed by atoms with Crippen molar-refractivity contribution in [1.29, 1.82) is 0 Å². The van der Waals surface area contributed by atoms with Gasteiger partial charge >= 0.3 is 0 Å². The Morgan fingerprint density at radius 3 is 1.96 bits per heavy atom. The van der Waals surface area contributed by atoms with Crippen molar-refractivity contribution < 1.29 is 9.53 Å². The molecule has 0 aromatic heterocycles. The second-order valence-corrected chi connectivity index (χ2v) is 6.51. The van der Waals surface area contributed by atoms with Gasteiger partial charge in [0.05, 0.1) is 12.5 Å². The van der Waals surface area contributed by atoms with Crippen LogP contribution in [-0.4, -0.2) is 64.0 Å². The summed E-state index contributed by atoms with van der Waals surface area (Å²) in [6.07, 6.45) is 3.56. The molecule has 0 fully saturated rings. The van der Waals surface area contributed by atoms with Gasteiger partial charge in [-0.05, 0) is 58.9 Å². The van der Waals surface area contributed by atoms with Crippen molar-refractivity contribution >= 4 is 24.3 Å². The van der Waals surface area contributed by atoms with Crippen LogP contribution in [0.25, 0.3) is 6.08 Å². The summed E-state index contributed by atoms with van der Waals surface area (Å²) in [5.74, 6) is 0.958. The lowest BCUT2D eigenvalue weighted by Gasteiger charge is -2.32. The van der Waals surface area contributed by atoms with Gasteiger partial charge in [-0.15, -0.1) is 12.4 Å². The maximum absolute atomic E-state index is 12.7. The zero-order valence-corrected chi connectivity index (χ0v) is 15.8. The van der Waals surface area contributed by atoms with Crippen molar-refractivity contribution in [1.82, 2.24) is 9.80 Å². The molecule has 0 saturated heterocycles. The number of ether oxygens (including phenoxy) is 1. The number of carbonyl (C=O) groups is 1. The third-order valence-corrected chi connectivity index (χ3v) is 3.47. The maximum Gasteiger partial charge on any atom is 0.164 e. The highest BCUT2D eigenvalue weighted by molar-refractivity contribution is 5.98. The molecule has 23 heavy (non-hydrogen) atoms. The smallest absolute Gasteiger partial charge is 0.164 e. The van der Waals surface area contributed by atoms with Gasteiger partial charge in [0.15, 0.2) is 5.78 Å². The number of ketones is 1. The fraction of sp³-hybridized carbons (Fsp3) is 0.500. The Morgan fingerprint density at radius 1 is 1.09 bits per heavy atom. The van der Waals surface area contributed by atoms with E-state index in [1.807, 2.05) is 65.5 Å². The van der Waals surface area contributed by atoms with Gasteiger partial charge in [-0.2, -0.15) is 0 Å². The molecule has 0 saturated carbocycles. The van der Waals surface area contributed by atoms with Crippen LogP contribution < -0.4 is 4.74 Å². The van der Waals surface area contributed by atoms with Crippen LogP contribution in [0.15, 0.2) is 30.3 Å². The summed E-state index contributed by atoms with van der Waals surface area (Å²) in [4.78, 5) is 16.8. The molecule has 5 heteroatoms. The Kier molecular flexibility index (Phi) is 9.13. The first-order chi connectivity index (χ1) is 10.3. The molecule has 1 aromatic carbocycles. The summed E-state index contributed by atoms with van der Waals surface area (Å²) in [7, 11) is 9.62. The molecule has 1 aromatic rings. The number of hydrogen-bond donors (Lipinski definition) is 0. The van der Waals surface area contributed by atoms with Crippen LogP contribution in [0.4, 0.5) is 0 Å². The first-order valence-electron chi connectivity index (χ1n) is 7.43. The molecule has 0 atom stereocenters. The van der Waals surface area contributed by atoms with E-state index in [0.29, 0.717) is 0 Å². The molecule has 0 aliphatic rings. The summed E-state index contributed by atoms with van der Waals surface area (Å²) >= 11 is 0. The average Bonchev–Trinajstić information content (AvgIpc) is 2.43. The number of benzene rings is 1. The molecular formula is C18H29ClN2O2. The van der Waals surface area contributed by atoms with Gasteiger partial charge in [-0.1, -0.05) is 18.2 Å². The molecule has 0 aliphatic carbocycles. The number of rotatable bonds is 8. The van der Waals surface area contributed by atoms with Crippen molar-refractivity contribution in [3.63, 3.8) is 0 Å². The predicted molar refractivity (Wildman–Crippen MR) is 99.5 cm³/mol. The molecule has 0 radical (unpaired) electrons. The van der Waals surface area contributed by atoms with Crippen LogP contribution >= 0.6 is 12.4 Å². The number of carbonyl (C=O) groups excluding carboxylic acids is 1. The number of hydrogen-bond acceptors (Lipinski definition) is 4. The Bertz CT molecular complexity index is 500. The summed E-state index contributed by atoms with van der Waals surface area (Å²) in [6.45, 7) is 3.46. The molecule has 0 aliphatic heterocycles. The largest absolute Gasteiger partial charge is 0.497 e. The fourth-order valence-electron chi connectivity index (χ4n) is 2.69. The highest BCUT2D eigenvalue weighted by atomic mass is 35.5. The zero-order valence-electron chi connectivity index (χ0n) is 15.0. The van der Waals surface area contributed by atoms with Crippen LogP contribution in [0, 0.1) is 5.41 Å². The van der Waals surface area contributed by atoms with Gasteiger partial charge in [0.25, 0.3) is 0 Å². The molecule has 0 heterocycles. The normalized spacial score (nSPS) is 11.8. The highest BCUT2D eigenvalue weighted by Crippen LogP contribution is 2.21. The van der Waals surface area contributed by atoms with Crippen LogP contribution in [0.1, 0.15) is 12.5 Å². The van der Waals surface area contributed by atoms with Crippen LogP contribution in [0.2, 0.25) is 0 Å². The van der Waals surface area contributed by atoms with Crippen LogP contribution in [0.3, 0.4) is 0 Å². The second kappa shape index (κ2) is 9.71. The van der Waals surface area contributed by atoms with Crippen LogP contribution in [-0.2, 0) is 4.79 Å². The predicted octanol–water partition coefficient (Wildman–Crippen LogP) is 2.83. The lowest BCUT2D eigenvalue weighted by Crippen LogP contribution is -2.44. The summed E-state index contributed by atoms with van der Waals surface area (Å²) < 4.78 is 5.13. The van der Waals surface area contributed by atoms with Gasteiger partial charge in [-0.3, -0.25) is 4.79 Å². The molecule has 4 nitrogen and oxygen atoms in total. The van der Waals surface area contributed by atoms with E-state index in [9.17, 15) is 4.79 Å². The molecule has 0 N–H and O–H groups in total. The van der Waals surface area contributed by atoms with E-state index in [-0.39, 0.29) is 18.2 Å².